The van der Waals surface area contributed by atoms with Crippen LogP contribution in [0.5, 0.6) is 0 Å². The minimum absolute atomic E-state index is 0.318. The Morgan fingerprint density at radius 2 is 2.00 bits per heavy atom. The molecule has 2 heterocycles. The van der Waals surface area contributed by atoms with Crippen LogP contribution in [0.3, 0.4) is 0 Å². The summed E-state index contributed by atoms with van der Waals surface area (Å²) in [5.74, 6) is -0.911. The van der Waals surface area contributed by atoms with Crippen molar-refractivity contribution in [3.63, 3.8) is 0 Å². The molecule has 0 aliphatic heterocycles. The van der Waals surface area contributed by atoms with Gasteiger partial charge in [0.1, 0.15) is 0 Å². The first-order valence-corrected chi connectivity index (χ1v) is 8.05. The summed E-state index contributed by atoms with van der Waals surface area (Å²) in [6.07, 6.45) is 0.875. The topological polar surface area (TPSA) is 50.2 Å². The highest BCUT2D eigenvalue weighted by Gasteiger charge is 2.15. The summed E-state index contributed by atoms with van der Waals surface area (Å²) in [6, 6.07) is 9.62. The number of benzene rings is 1. The maximum Gasteiger partial charge on any atom is 0.336 e. The van der Waals surface area contributed by atoms with Crippen LogP contribution in [0.15, 0.2) is 30.3 Å². The monoisotopic (exact) mass is 311 g/mol. The predicted molar refractivity (Wildman–Crippen MR) is 90.9 cm³/mol. The van der Waals surface area contributed by atoms with Gasteiger partial charge in [-0.3, -0.25) is 0 Å². The van der Waals surface area contributed by atoms with E-state index in [2.05, 4.69) is 18.0 Å². The van der Waals surface area contributed by atoms with Crippen LogP contribution in [0.25, 0.3) is 22.2 Å². The van der Waals surface area contributed by atoms with Crippen LogP contribution in [0, 0.1) is 13.8 Å². The highest BCUT2D eigenvalue weighted by Crippen LogP contribution is 2.32. The normalized spacial score (nSPS) is 11.0. The molecule has 2 aromatic heterocycles. The molecule has 3 aromatic rings. The highest BCUT2D eigenvalue weighted by atomic mass is 32.1. The van der Waals surface area contributed by atoms with Crippen LogP contribution < -0.4 is 0 Å². The quantitative estimate of drug-likeness (QED) is 0.753. The van der Waals surface area contributed by atoms with E-state index >= 15 is 0 Å². The minimum atomic E-state index is -0.911. The zero-order valence-electron chi connectivity index (χ0n) is 12.8. The van der Waals surface area contributed by atoms with Crippen LogP contribution >= 0.6 is 11.3 Å². The van der Waals surface area contributed by atoms with Gasteiger partial charge in [-0.15, -0.1) is 11.3 Å². The zero-order valence-corrected chi connectivity index (χ0v) is 13.6. The van der Waals surface area contributed by atoms with Crippen LogP contribution in [0.4, 0.5) is 0 Å². The zero-order chi connectivity index (χ0) is 15.9. The molecule has 3 nitrogen and oxygen atoms in total. The third-order valence-corrected chi connectivity index (χ3v) is 4.79. The molecule has 0 unspecified atom stereocenters. The number of fused-ring (bicyclic) bond motifs is 1. The molecular formula is C18H17NO2S. The molecule has 0 atom stereocenters. The average Bonchev–Trinajstić information content (AvgIpc) is 2.84. The van der Waals surface area contributed by atoms with Crippen molar-refractivity contribution in [2.24, 2.45) is 0 Å². The second-order valence-corrected chi connectivity index (χ2v) is 6.85. The molecule has 0 radical (unpaired) electrons. The van der Waals surface area contributed by atoms with Crippen molar-refractivity contribution < 1.29 is 9.90 Å². The number of carboxylic acids is 1. The molecule has 22 heavy (non-hydrogen) atoms. The van der Waals surface area contributed by atoms with Gasteiger partial charge in [-0.1, -0.05) is 13.0 Å². The Labute approximate surface area is 133 Å². The number of aromatic nitrogens is 1. The summed E-state index contributed by atoms with van der Waals surface area (Å²) in [7, 11) is 0. The fourth-order valence-corrected chi connectivity index (χ4v) is 3.63. The number of pyridine rings is 1. The first kappa shape index (κ1) is 14.7. The van der Waals surface area contributed by atoms with Gasteiger partial charge < -0.3 is 5.11 Å². The van der Waals surface area contributed by atoms with Crippen molar-refractivity contribution >= 4 is 28.2 Å². The Bertz CT molecular complexity index is 880. The summed E-state index contributed by atoms with van der Waals surface area (Å²) in [5.41, 5.74) is 3.92. The fourth-order valence-electron chi connectivity index (χ4n) is 2.69. The Morgan fingerprint density at radius 3 is 2.59 bits per heavy atom. The molecule has 1 aromatic carbocycles. The van der Waals surface area contributed by atoms with Gasteiger partial charge >= 0.3 is 5.97 Å². The van der Waals surface area contributed by atoms with Gasteiger partial charge in [0.15, 0.2) is 0 Å². The van der Waals surface area contributed by atoms with Crippen molar-refractivity contribution in [3.05, 3.63) is 51.2 Å². The van der Waals surface area contributed by atoms with Crippen LogP contribution in [-0.4, -0.2) is 16.1 Å². The van der Waals surface area contributed by atoms with E-state index < -0.39 is 5.97 Å². The van der Waals surface area contributed by atoms with E-state index in [4.69, 9.17) is 0 Å². The lowest BCUT2D eigenvalue weighted by molar-refractivity contribution is 0.0699. The SMILES string of the molecule is CCc1ccc2nc(-c3cc(C)sc3C)cc(C(=O)O)c2c1. The molecule has 4 heteroatoms. The predicted octanol–water partition coefficient (Wildman–Crippen LogP) is 4.84. The summed E-state index contributed by atoms with van der Waals surface area (Å²) in [4.78, 5) is 18.7. The number of carboxylic acid groups (broad SMARTS) is 1. The van der Waals surface area contributed by atoms with Crippen molar-refractivity contribution in [2.45, 2.75) is 27.2 Å². The van der Waals surface area contributed by atoms with E-state index in [0.717, 1.165) is 33.6 Å². The smallest absolute Gasteiger partial charge is 0.336 e. The molecule has 0 bridgehead atoms. The molecule has 0 saturated heterocycles. The maximum atomic E-state index is 11.7. The number of hydrogen-bond acceptors (Lipinski definition) is 3. The summed E-state index contributed by atoms with van der Waals surface area (Å²) < 4.78 is 0. The lowest BCUT2D eigenvalue weighted by Gasteiger charge is -2.08. The first-order chi connectivity index (χ1) is 10.5. The number of carbonyl (C=O) groups is 1. The Kier molecular flexibility index (Phi) is 3.71. The molecule has 0 amide bonds. The third kappa shape index (κ3) is 2.50. The Balaban J connectivity index is 2.30. The van der Waals surface area contributed by atoms with E-state index in [-0.39, 0.29) is 0 Å². The molecule has 112 valence electrons. The van der Waals surface area contributed by atoms with Gasteiger partial charge in [0.2, 0.25) is 0 Å². The van der Waals surface area contributed by atoms with Gasteiger partial charge in [-0.2, -0.15) is 0 Å². The molecular weight excluding hydrogens is 294 g/mol. The minimum Gasteiger partial charge on any atom is -0.478 e. The summed E-state index contributed by atoms with van der Waals surface area (Å²) in [6.45, 7) is 6.15. The van der Waals surface area contributed by atoms with E-state index in [1.165, 1.54) is 4.88 Å². The van der Waals surface area contributed by atoms with Crippen LogP contribution in [-0.2, 0) is 6.42 Å². The fraction of sp³-hybridized carbons (Fsp3) is 0.222. The largest absolute Gasteiger partial charge is 0.478 e. The molecule has 1 N–H and O–H groups in total. The molecule has 0 aliphatic carbocycles. The third-order valence-electron chi connectivity index (χ3n) is 3.83. The van der Waals surface area contributed by atoms with Gasteiger partial charge in [0, 0.05) is 20.7 Å². The van der Waals surface area contributed by atoms with Crippen molar-refractivity contribution in [1.82, 2.24) is 4.98 Å². The lowest BCUT2D eigenvalue weighted by atomic mass is 10.0. The number of nitrogens with zero attached hydrogens (tertiary/aromatic N) is 1. The van der Waals surface area contributed by atoms with Crippen LogP contribution in [0.1, 0.15) is 32.6 Å². The van der Waals surface area contributed by atoms with E-state index in [1.807, 2.05) is 32.0 Å². The van der Waals surface area contributed by atoms with Gasteiger partial charge in [-0.25, -0.2) is 9.78 Å². The number of thiophene rings is 1. The van der Waals surface area contributed by atoms with Gasteiger partial charge in [0.05, 0.1) is 16.8 Å². The first-order valence-electron chi connectivity index (χ1n) is 7.24. The molecule has 3 rings (SSSR count). The number of hydrogen-bond donors (Lipinski definition) is 1. The Morgan fingerprint density at radius 1 is 1.23 bits per heavy atom. The van der Waals surface area contributed by atoms with E-state index in [9.17, 15) is 9.90 Å². The van der Waals surface area contributed by atoms with E-state index in [0.29, 0.717) is 10.9 Å². The molecule has 0 aliphatic rings. The van der Waals surface area contributed by atoms with Crippen molar-refractivity contribution in [3.8, 4) is 11.3 Å². The number of rotatable bonds is 3. The lowest BCUT2D eigenvalue weighted by Crippen LogP contribution is -2.01. The number of aryl methyl sites for hydroxylation is 3. The standard InChI is InChI=1S/C18H17NO2S/c1-4-12-5-6-16-14(8-12)15(18(20)21)9-17(19-16)13-7-10(2)22-11(13)3/h5-9H,4H2,1-3H3,(H,20,21). The van der Waals surface area contributed by atoms with Crippen LogP contribution in [0.2, 0.25) is 0 Å². The molecule has 0 saturated carbocycles. The Hall–Kier alpha value is -2.20. The van der Waals surface area contributed by atoms with Crippen molar-refractivity contribution in [2.75, 3.05) is 0 Å². The molecule has 0 fully saturated rings. The second-order valence-electron chi connectivity index (χ2n) is 5.39. The molecule has 0 spiro atoms. The number of aromatic carboxylic acids is 1. The van der Waals surface area contributed by atoms with E-state index in [1.54, 1.807) is 17.4 Å². The average molecular weight is 311 g/mol. The van der Waals surface area contributed by atoms with Crippen molar-refractivity contribution in [1.29, 1.82) is 0 Å². The van der Waals surface area contributed by atoms with Gasteiger partial charge in [-0.05, 0) is 50.1 Å². The highest BCUT2D eigenvalue weighted by molar-refractivity contribution is 7.12. The summed E-state index contributed by atoms with van der Waals surface area (Å²) in [5, 5.41) is 10.3. The maximum absolute atomic E-state index is 11.7. The second kappa shape index (κ2) is 5.54. The van der Waals surface area contributed by atoms with Gasteiger partial charge in [0.25, 0.3) is 0 Å². The summed E-state index contributed by atoms with van der Waals surface area (Å²) >= 11 is 1.70.